The van der Waals surface area contributed by atoms with Gasteiger partial charge in [-0.2, -0.15) is 0 Å². The van der Waals surface area contributed by atoms with Gasteiger partial charge < -0.3 is 5.11 Å². The lowest BCUT2D eigenvalue weighted by Crippen LogP contribution is -2.22. The molecule has 0 radical (unpaired) electrons. The zero-order chi connectivity index (χ0) is 10.3. The van der Waals surface area contributed by atoms with Crippen LogP contribution in [0, 0.1) is 0 Å². The first-order valence-electron chi connectivity index (χ1n) is 4.69. The molecule has 0 fully saturated rings. The Labute approximate surface area is 80.0 Å². The molecule has 0 aliphatic heterocycles. The van der Waals surface area contributed by atoms with Gasteiger partial charge in [0.15, 0.2) is 0 Å². The quantitative estimate of drug-likeness (QED) is 0.644. The topological polar surface area (TPSA) is 20.2 Å². The fourth-order valence-electron chi connectivity index (χ4n) is 1.08. The second-order valence-electron chi connectivity index (χ2n) is 2.39. The maximum absolute atomic E-state index is 9.13. The smallest absolute Gasteiger partial charge is 0.116 e. The maximum atomic E-state index is 9.13. The molecule has 1 nitrogen and oxygen atoms in total. The zero-order valence-corrected chi connectivity index (χ0v) is 8.83. The molecule has 1 heteroatoms. The van der Waals surface area contributed by atoms with Gasteiger partial charge in [-0.1, -0.05) is 32.1 Å². The fraction of sp³-hybridized carbons (Fsp3) is 0.333. The second-order valence-corrected chi connectivity index (χ2v) is 2.39. The maximum Gasteiger partial charge on any atom is 0.116 e. The highest BCUT2D eigenvalue weighted by Gasteiger charge is 1.85. The highest BCUT2D eigenvalue weighted by atomic mass is 16.3. The summed E-state index contributed by atoms with van der Waals surface area (Å²) in [7, 11) is 0. The minimum atomic E-state index is 0.323. The summed E-state index contributed by atoms with van der Waals surface area (Å²) in [4.78, 5) is 0. The Morgan fingerprint density at radius 1 is 1.00 bits per heavy atom. The Morgan fingerprint density at radius 2 is 1.54 bits per heavy atom. The third-order valence-electron chi connectivity index (χ3n) is 1.69. The highest BCUT2D eigenvalue weighted by Crippen LogP contribution is 1.97. The molecule has 0 spiro atoms. The van der Waals surface area contributed by atoms with Crippen LogP contribution in [0.15, 0.2) is 18.2 Å². The largest absolute Gasteiger partial charge is 0.508 e. The molecule has 1 aromatic rings. The van der Waals surface area contributed by atoms with E-state index in [-0.39, 0.29) is 0 Å². The van der Waals surface area contributed by atoms with Crippen LogP contribution in [0.4, 0.5) is 0 Å². The normalized spacial score (nSPS) is 12.3. The van der Waals surface area contributed by atoms with E-state index in [1.54, 1.807) is 12.1 Å². The van der Waals surface area contributed by atoms with Crippen molar-refractivity contribution in [3.05, 3.63) is 28.6 Å². The van der Waals surface area contributed by atoms with Crippen molar-refractivity contribution >= 4 is 12.2 Å². The van der Waals surface area contributed by atoms with Gasteiger partial charge in [0.2, 0.25) is 0 Å². The summed E-state index contributed by atoms with van der Waals surface area (Å²) in [6.45, 7) is 7.95. The second kappa shape index (κ2) is 6.30. The van der Waals surface area contributed by atoms with Crippen LogP contribution in [-0.2, 0) is 0 Å². The van der Waals surface area contributed by atoms with E-state index in [4.69, 9.17) is 5.11 Å². The molecule has 0 bridgehead atoms. The first-order valence-corrected chi connectivity index (χ1v) is 4.69. The predicted octanol–water partition coefficient (Wildman–Crippen LogP) is 2.02. The minimum Gasteiger partial charge on any atom is -0.508 e. The molecule has 1 aromatic carbocycles. The zero-order valence-electron chi connectivity index (χ0n) is 8.83. The van der Waals surface area contributed by atoms with Gasteiger partial charge in [0.1, 0.15) is 5.75 Å². The highest BCUT2D eigenvalue weighted by molar-refractivity contribution is 5.33. The van der Waals surface area contributed by atoms with Crippen molar-refractivity contribution in [3.8, 4) is 5.75 Å². The van der Waals surface area contributed by atoms with Crippen LogP contribution < -0.4 is 10.4 Å². The van der Waals surface area contributed by atoms with Gasteiger partial charge in [0, 0.05) is 0 Å². The summed E-state index contributed by atoms with van der Waals surface area (Å²) < 4.78 is 0. The standard InChI is InChI=1S/C10H12O.C2H6/c1-3-8-5-6-10(11)7-9(8)4-2;1-2/h3-7,11H,1-2H3;1-2H3/b8-3-,9-4-;. The van der Waals surface area contributed by atoms with Crippen LogP contribution in [0.5, 0.6) is 5.75 Å². The van der Waals surface area contributed by atoms with Crippen molar-refractivity contribution in [3.63, 3.8) is 0 Å². The number of hydrogen-bond acceptors (Lipinski definition) is 1. The van der Waals surface area contributed by atoms with Crippen LogP contribution in [-0.4, -0.2) is 5.11 Å². The van der Waals surface area contributed by atoms with Crippen molar-refractivity contribution < 1.29 is 5.11 Å². The molecular formula is C12H18O. The molecule has 1 N–H and O–H groups in total. The molecule has 0 unspecified atom stereocenters. The van der Waals surface area contributed by atoms with Crippen LogP contribution in [0.2, 0.25) is 0 Å². The lowest BCUT2D eigenvalue weighted by Gasteiger charge is -1.91. The van der Waals surface area contributed by atoms with Crippen molar-refractivity contribution in [2.45, 2.75) is 27.7 Å². The van der Waals surface area contributed by atoms with Crippen molar-refractivity contribution in [2.75, 3.05) is 0 Å². The molecule has 0 atom stereocenters. The van der Waals surface area contributed by atoms with Gasteiger partial charge >= 0.3 is 0 Å². The minimum absolute atomic E-state index is 0.323. The third kappa shape index (κ3) is 3.32. The van der Waals surface area contributed by atoms with E-state index >= 15 is 0 Å². The molecule has 0 aliphatic rings. The first-order chi connectivity index (χ1) is 6.27. The van der Waals surface area contributed by atoms with Gasteiger partial charge in [0.05, 0.1) is 0 Å². The average Bonchev–Trinajstić information content (AvgIpc) is 2.20. The summed E-state index contributed by atoms with van der Waals surface area (Å²) in [6, 6.07) is 5.36. The van der Waals surface area contributed by atoms with Crippen LogP contribution in [0.1, 0.15) is 27.7 Å². The van der Waals surface area contributed by atoms with E-state index in [0.29, 0.717) is 5.75 Å². The van der Waals surface area contributed by atoms with Gasteiger partial charge in [0.25, 0.3) is 0 Å². The molecule has 1 rings (SSSR count). The molecule has 72 valence electrons. The Kier molecular flexibility index (Phi) is 5.69. The Hall–Kier alpha value is -1.24. The lowest BCUT2D eigenvalue weighted by molar-refractivity contribution is 0.474. The summed E-state index contributed by atoms with van der Waals surface area (Å²) in [5.74, 6) is 0.323. The number of benzene rings is 1. The lowest BCUT2D eigenvalue weighted by atomic mass is 10.2. The number of rotatable bonds is 0. The van der Waals surface area contributed by atoms with Crippen molar-refractivity contribution in [1.29, 1.82) is 0 Å². The fourth-order valence-corrected chi connectivity index (χ4v) is 1.08. The van der Waals surface area contributed by atoms with E-state index in [1.807, 2.05) is 45.9 Å². The molecule has 0 amide bonds. The number of aromatic hydroxyl groups is 1. The van der Waals surface area contributed by atoms with Gasteiger partial charge in [-0.3, -0.25) is 0 Å². The van der Waals surface area contributed by atoms with E-state index in [2.05, 4.69) is 0 Å². The molecule has 0 aliphatic carbocycles. The van der Waals surface area contributed by atoms with E-state index in [1.165, 1.54) is 0 Å². The summed E-state index contributed by atoms with van der Waals surface area (Å²) >= 11 is 0. The molecule has 13 heavy (non-hydrogen) atoms. The SMILES string of the molecule is C/C=c1/ccc(O)c/c1=C/C.CC. The third-order valence-corrected chi connectivity index (χ3v) is 1.69. The van der Waals surface area contributed by atoms with E-state index in [0.717, 1.165) is 10.4 Å². The predicted molar refractivity (Wildman–Crippen MR) is 59.0 cm³/mol. The molecular weight excluding hydrogens is 160 g/mol. The summed E-state index contributed by atoms with van der Waals surface area (Å²) in [5, 5.41) is 11.4. The van der Waals surface area contributed by atoms with Crippen LogP contribution >= 0.6 is 0 Å². The van der Waals surface area contributed by atoms with E-state index < -0.39 is 0 Å². The van der Waals surface area contributed by atoms with Crippen LogP contribution in [0.25, 0.3) is 12.2 Å². The van der Waals surface area contributed by atoms with Crippen molar-refractivity contribution in [1.82, 2.24) is 0 Å². The Balaban J connectivity index is 0.000000671. The van der Waals surface area contributed by atoms with Crippen molar-refractivity contribution in [2.24, 2.45) is 0 Å². The number of phenols is 1. The molecule has 0 saturated carbocycles. The van der Waals surface area contributed by atoms with Gasteiger partial charge in [-0.05, 0) is 36.4 Å². The number of phenolic OH excluding ortho intramolecular Hbond substituents is 1. The monoisotopic (exact) mass is 178 g/mol. The number of hydrogen-bond donors (Lipinski definition) is 1. The molecule has 0 saturated heterocycles. The van der Waals surface area contributed by atoms with E-state index in [9.17, 15) is 0 Å². The summed E-state index contributed by atoms with van der Waals surface area (Å²) in [6.07, 6.45) is 4.00. The average molecular weight is 178 g/mol. The van der Waals surface area contributed by atoms with Gasteiger partial charge in [-0.25, -0.2) is 0 Å². The first kappa shape index (κ1) is 11.8. The van der Waals surface area contributed by atoms with Crippen LogP contribution in [0.3, 0.4) is 0 Å². The Bertz CT molecular complexity index is 350. The Morgan fingerprint density at radius 3 is 2.00 bits per heavy atom. The molecule has 0 aromatic heterocycles. The molecule has 0 heterocycles. The summed E-state index contributed by atoms with van der Waals surface area (Å²) in [5.41, 5.74) is 0. The van der Waals surface area contributed by atoms with Gasteiger partial charge in [-0.15, -0.1) is 0 Å².